The molecule has 6 heteroatoms. The van der Waals surface area contributed by atoms with Gasteiger partial charge in [-0.1, -0.05) is 42.5 Å². The summed E-state index contributed by atoms with van der Waals surface area (Å²) in [6, 6.07) is 17.4. The number of rotatable bonds is 12. The van der Waals surface area contributed by atoms with Gasteiger partial charge in [0, 0.05) is 20.8 Å². The molecule has 176 valence electrons. The molecule has 0 bridgehead atoms. The van der Waals surface area contributed by atoms with E-state index in [1.54, 1.807) is 19.1 Å². The van der Waals surface area contributed by atoms with E-state index in [4.69, 9.17) is 19.9 Å². The van der Waals surface area contributed by atoms with Crippen molar-refractivity contribution >= 4 is 5.91 Å². The molecule has 0 saturated heterocycles. The summed E-state index contributed by atoms with van der Waals surface area (Å²) in [5.74, 6) is 0.693. The van der Waals surface area contributed by atoms with Crippen LogP contribution in [-0.4, -0.2) is 56.0 Å². The Bertz CT molecular complexity index is 799. The smallest absolute Gasteiger partial charge is 0.240 e. The van der Waals surface area contributed by atoms with Crippen molar-refractivity contribution in [1.82, 2.24) is 4.90 Å². The molecule has 32 heavy (non-hydrogen) atoms. The van der Waals surface area contributed by atoms with Gasteiger partial charge in [-0.05, 0) is 63.3 Å². The number of nitrogens with two attached hydrogens (primary N) is 1. The molecule has 0 unspecified atom stereocenters. The molecule has 1 amide bonds. The minimum absolute atomic E-state index is 0.104. The number of aryl methyl sites for hydroxylation is 1. The number of nitrogens with zero attached hydrogens (tertiary/aromatic N) is 1. The maximum absolute atomic E-state index is 13.2. The average Bonchev–Trinajstić information content (AvgIpc) is 2.76. The highest BCUT2D eigenvalue weighted by Gasteiger charge is 2.24. The van der Waals surface area contributed by atoms with E-state index < -0.39 is 12.3 Å². The standard InChI is InChI=1S/C26H38N2O4/c1-26(2,3)32-22-15-13-21(14-16-22)18-23(27)25(29)28(19-24(30-4)31-5)17-9-12-20-10-7-6-8-11-20/h6-8,10-11,13-16,23-24H,9,12,17-19,27H2,1-5H3/t23-/m0/s1. The predicted octanol–water partition coefficient (Wildman–Crippen LogP) is 3.81. The molecule has 0 aliphatic carbocycles. The Morgan fingerprint density at radius 2 is 1.59 bits per heavy atom. The van der Waals surface area contributed by atoms with Gasteiger partial charge in [-0.15, -0.1) is 0 Å². The first-order chi connectivity index (χ1) is 15.2. The fourth-order valence-electron chi connectivity index (χ4n) is 3.46. The molecule has 2 N–H and O–H groups in total. The monoisotopic (exact) mass is 442 g/mol. The SMILES string of the molecule is COC(CN(CCCc1ccccc1)C(=O)[C@@H](N)Cc1ccc(OC(C)(C)C)cc1)OC. The third-order valence-corrected chi connectivity index (χ3v) is 5.06. The van der Waals surface area contributed by atoms with Crippen molar-refractivity contribution < 1.29 is 19.0 Å². The fourth-order valence-corrected chi connectivity index (χ4v) is 3.46. The third-order valence-electron chi connectivity index (χ3n) is 5.06. The van der Waals surface area contributed by atoms with Crippen LogP contribution in [0.4, 0.5) is 0 Å². The lowest BCUT2D eigenvalue weighted by Gasteiger charge is -2.29. The van der Waals surface area contributed by atoms with Gasteiger partial charge in [-0.3, -0.25) is 4.79 Å². The molecule has 2 aromatic carbocycles. The van der Waals surface area contributed by atoms with Crippen LogP contribution < -0.4 is 10.5 Å². The van der Waals surface area contributed by atoms with Crippen LogP contribution in [-0.2, 0) is 27.1 Å². The van der Waals surface area contributed by atoms with Gasteiger partial charge in [-0.2, -0.15) is 0 Å². The van der Waals surface area contributed by atoms with E-state index in [0.29, 0.717) is 19.5 Å². The number of carbonyl (C=O) groups excluding carboxylic acids is 1. The highest BCUT2D eigenvalue weighted by atomic mass is 16.7. The molecule has 0 spiro atoms. The molecule has 0 aromatic heterocycles. The highest BCUT2D eigenvalue weighted by Crippen LogP contribution is 2.19. The van der Waals surface area contributed by atoms with Crippen molar-refractivity contribution in [2.75, 3.05) is 27.3 Å². The minimum atomic E-state index is -0.643. The molecule has 2 rings (SSSR count). The molecular formula is C26H38N2O4. The Balaban J connectivity index is 1.99. The van der Waals surface area contributed by atoms with Gasteiger partial charge >= 0.3 is 0 Å². The molecule has 6 nitrogen and oxygen atoms in total. The van der Waals surface area contributed by atoms with Crippen LogP contribution in [0.3, 0.4) is 0 Å². The van der Waals surface area contributed by atoms with Crippen LogP contribution in [0.25, 0.3) is 0 Å². The Kier molecular flexibility index (Phi) is 10.2. The van der Waals surface area contributed by atoms with E-state index in [1.165, 1.54) is 5.56 Å². The molecule has 2 aromatic rings. The number of amides is 1. The number of hydrogen-bond donors (Lipinski definition) is 1. The second kappa shape index (κ2) is 12.6. The van der Waals surface area contributed by atoms with Gasteiger partial charge in [-0.25, -0.2) is 0 Å². The van der Waals surface area contributed by atoms with E-state index in [9.17, 15) is 4.79 Å². The minimum Gasteiger partial charge on any atom is -0.488 e. The topological polar surface area (TPSA) is 74.0 Å². The van der Waals surface area contributed by atoms with Crippen LogP contribution in [0.5, 0.6) is 5.75 Å². The quantitative estimate of drug-likeness (QED) is 0.506. The van der Waals surface area contributed by atoms with Crippen molar-refractivity contribution in [2.45, 2.75) is 58.0 Å². The zero-order valence-electron chi connectivity index (χ0n) is 20.0. The summed E-state index contributed by atoms with van der Waals surface area (Å²) in [6.07, 6.45) is 1.69. The van der Waals surface area contributed by atoms with Gasteiger partial charge in [0.1, 0.15) is 11.4 Å². The molecule has 0 saturated carbocycles. The normalized spacial score (nSPS) is 12.6. The van der Waals surface area contributed by atoms with Crippen LogP contribution in [0.15, 0.2) is 54.6 Å². The van der Waals surface area contributed by atoms with E-state index in [0.717, 1.165) is 24.2 Å². The van der Waals surface area contributed by atoms with E-state index >= 15 is 0 Å². The van der Waals surface area contributed by atoms with Gasteiger partial charge < -0.3 is 24.8 Å². The largest absolute Gasteiger partial charge is 0.488 e. The first-order valence-corrected chi connectivity index (χ1v) is 11.1. The highest BCUT2D eigenvalue weighted by molar-refractivity contribution is 5.82. The summed E-state index contributed by atoms with van der Waals surface area (Å²) in [7, 11) is 3.14. The summed E-state index contributed by atoms with van der Waals surface area (Å²) in [5, 5.41) is 0. The Labute approximate surface area is 192 Å². The summed E-state index contributed by atoms with van der Waals surface area (Å²) < 4.78 is 16.5. The van der Waals surface area contributed by atoms with Crippen LogP contribution in [0.1, 0.15) is 38.3 Å². The lowest BCUT2D eigenvalue weighted by atomic mass is 10.0. The van der Waals surface area contributed by atoms with Crippen LogP contribution in [0, 0.1) is 0 Å². The second-order valence-corrected chi connectivity index (χ2v) is 8.94. The Morgan fingerprint density at radius 3 is 2.16 bits per heavy atom. The molecule has 1 atom stereocenters. The van der Waals surface area contributed by atoms with Crippen molar-refractivity contribution in [3.05, 3.63) is 65.7 Å². The van der Waals surface area contributed by atoms with Gasteiger partial charge in [0.25, 0.3) is 0 Å². The first-order valence-electron chi connectivity index (χ1n) is 11.1. The Morgan fingerprint density at radius 1 is 0.969 bits per heavy atom. The fraction of sp³-hybridized carbons (Fsp3) is 0.500. The van der Waals surface area contributed by atoms with E-state index in [-0.39, 0.29) is 11.5 Å². The van der Waals surface area contributed by atoms with Crippen LogP contribution >= 0.6 is 0 Å². The zero-order valence-corrected chi connectivity index (χ0v) is 20.0. The molecule has 0 radical (unpaired) electrons. The van der Waals surface area contributed by atoms with Gasteiger partial charge in [0.05, 0.1) is 12.6 Å². The number of carbonyl (C=O) groups is 1. The van der Waals surface area contributed by atoms with Crippen molar-refractivity contribution in [3.8, 4) is 5.75 Å². The van der Waals surface area contributed by atoms with E-state index in [1.807, 2.05) is 63.2 Å². The summed E-state index contributed by atoms with van der Waals surface area (Å²) in [4.78, 5) is 14.9. The molecule has 0 fully saturated rings. The first kappa shape index (κ1) is 25.8. The van der Waals surface area contributed by atoms with Crippen molar-refractivity contribution in [2.24, 2.45) is 5.73 Å². The molecular weight excluding hydrogens is 404 g/mol. The number of benzene rings is 2. The lowest BCUT2D eigenvalue weighted by molar-refractivity contribution is -0.146. The maximum Gasteiger partial charge on any atom is 0.240 e. The van der Waals surface area contributed by atoms with Crippen molar-refractivity contribution in [1.29, 1.82) is 0 Å². The number of methoxy groups -OCH3 is 2. The number of ether oxygens (including phenoxy) is 3. The molecule has 0 aliphatic rings. The van der Waals surface area contributed by atoms with Crippen molar-refractivity contribution in [3.63, 3.8) is 0 Å². The van der Waals surface area contributed by atoms with Gasteiger partial charge in [0.2, 0.25) is 5.91 Å². The van der Waals surface area contributed by atoms with Gasteiger partial charge in [0.15, 0.2) is 6.29 Å². The predicted molar refractivity (Wildman–Crippen MR) is 128 cm³/mol. The Hall–Kier alpha value is -2.41. The second-order valence-electron chi connectivity index (χ2n) is 8.94. The summed E-state index contributed by atoms with van der Waals surface area (Å²) in [5.41, 5.74) is 8.31. The third kappa shape index (κ3) is 8.99. The molecule has 0 aliphatic heterocycles. The summed E-state index contributed by atoms with van der Waals surface area (Å²) >= 11 is 0. The zero-order chi connectivity index (χ0) is 23.6. The van der Waals surface area contributed by atoms with E-state index in [2.05, 4.69) is 12.1 Å². The molecule has 0 heterocycles. The van der Waals surface area contributed by atoms with Crippen LogP contribution in [0.2, 0.25) is 0 Å². The summed E-state index contributed by atoms with van der Waals surface area (Å²) in [6.45, 7) is 6.95. The average molecular weight is 443 g/mol. The lowest BCUT2D eigenvalue weighted by Crippen LogP contribution is -2.48. The number of hydrogen-bond acceptors (Lipinski definition) is 5. The maximum atomic E-state index is 13.2.